The first-order valence-corrected chi connectivity index (χ1v) is 7.73. The van der Waals surface area contributed by atoms with Crippen molar-refractivity contribution in [3.8, 4) is 0 Å². The van der Waals surface area contributed by atoms with Gasteiger partial charge in [-0.15, -0.1) is 23.5 Å². The van der Waals surface area contributed by atoms with Crippen LogP contribution in [0.25, 0.3) is 0 Å². The predicted octanol–water partition coefficient (Wildman–Crippen LogP) is 4.01. The van der Waals surface area contributed by atoms with Gasteiger partial charge in [0.15, 0.2) is 0 Å². The zero-order chi connectivity index (χ0) is 12.0. The Morgan fingerprint density at radius 1 is 1.19 bits per heavy atom. The van der Waals surface area contributed by atoms with Gasteiger partial charge in [0, 0.05) is 22.1 Å². The monoisotopic (exact) mass is 255 g/mol. The van der Waals surface area contributed by atoms with Crippen molar-refractivity contribution in [3.63, 3.8) is 0 Å². The Hall–Kier alpha value is -0.120. The van der Waals surface area contributed by atoms with Crippen molar-refractivity contribution < 1.29 is 0 Å². The van der Waals surface area contributed by atoms with E-state index in [1.807, 2.05) is 23.5 Å². The molecule has 0 spiro atoms. The summed E-state index contributed by atoms with van der Waals surface area (Å²) in [4.78, 5) is 2.70. The van der Waals surface area contributed by atoms with Gasteiger partial charge in [-0.25, -0.2) is 0 Å². The van der Waals surface area contributed by atoms with Gasteiger partial charge in [0.2, 0.25) is 0 Å². The molecule has 0 atom stereocenters. The Labute approximate surface area is 108 Å². The summed E-state index contributed by atoms with van der Waals surface area (Å²) in [5.41, 5.74) is 7.18. The molecule has 1 aromatic carbocycles. The fourth-order valence-corrected chi connectivity index (χ4v) is 3.40. The van der Waals surface area contributed by atoms with E-state index >= 15 is 0 Å². The third kappa shape index (κ3) is 4.04. The molecule has 0 bridgehead atoms. The van der Waals surface area contributed by atoms with Gasteiger partial charge in [-0.3, -0.25) is 0 Å². The highest BCUT2D eigenvalue weighted by Gasteiger charge is 2.07. The molecule has 1 nitrogen and oxygen atoms in total. The van der Waals surface area contributed by atoms with Crippen LogP contribution in [0.5, 0.6) is 0 Å². The van der Waals surface area contributed by atoms with E-state index in [2.05, 4.69) is 39.0 Å². The molecule has 90 valence electrons. The van der Waals surface area contributed by atoms with Crippen LogP contribution in [0.3, 0.4) is 0 Å². The lowest BCUT2D eigenvalue weighted by Crippen LogP contribution is -2.02. The van der Waals surface area contributed by atoms with E-state index < -0.39 is 0 Å². The molecule has 0 heterocycles. The maximum atomic E-state index is 5.86. The van der Waals surface area contributed by atoms with Gasteiger partial charge >= 0.3 is 0 Å². The largest absolute Gasteiger partial charge is 0.326 e. The maximum Gasteiger partial charge on any atom is 0.0200 e. The van der Waals surface area contributed by atoms with Crippen LogP contribution in [0.1, 0.15) is 26.3 Å². The number of hydrogen-bond donors (Lipinski definition) is 1. The quantitative estimate of drug-likeness (QED) is 0.778. The van der Waals surface area contributed by atoms with Gasteiger partial charge in [0.05, 0.1) is 0 Å². The van der Waals surface area contributed by atoms with Crippen LogP contribution >= 0.6 is 23.5 Å². The third-order valence-corrected chi connectivity index (χ3v) is 4.68. The average Bonchev–Trinajstić information content (AvgIpc) is 2.27. The number of nitrogens with two attached hydrogens (primary N) is 1. The van der Waals surface area contributed by atoms with Gasteiger partial charge in [-0.1, -0.05) is 26.8 Å². The fraction of sp³-hybridized carbons (Fsp3) is 0.538. The minimum Gasteiger partial charge on any atom is -0.326 e. The van der Waals surface area contributed by atoms with Gasteiger partial charge in [0.1, 0.15) is 0 Å². The van der Waals surface area contributed by atoms with Crippen LogP contribution in [0.2, 0.25) is 0 Å². The molecule has 0 aliphatic heterocycles. The molecule has 3 heteroatoms. The summed E-state index contributed by atoms with van der Waals surface area (Å²) in [7, 11) is 0. The highest BCUT2D eigenvalue weighted by molar-refractivity contribution is 8.00. The van der Waals surface area contributed by atoms with Crippen molar-refractivity contribution in [2.75, 3.05) is 11.5 Å². The zero-order valence-electron chi connectivity index (χ0n) is 10.3. The SMILES string of the molecule is CCSc1cccc(SCC(C)C)c1CN. The first kappa shape index (κ1) is 13.9. The molecule has 0 aliphatic rings. The summed E-state index contributed by atoms with van der Waals surface area (Å²) in [5, 5.41) is 0. The van der Waals surface area contributed by atoms with Crippen molar-refractivity contribution in [3.05, 3.63) is 23.8 Å². The van der Waals surface area contributed by atoms with Crippen molar-refractivity contribution in [2.24, 2.45) is 11.7 Å². The highest BCUT2D eigenvalue weighted by atomic mass is 32.2. The Bertz CT molecular complexity index is 324. The Balaban J connectivity index is 2.85. The van der Waals surface area contributed by atoms with E-state index in [9.17, 15) is 0 Å². The summed E-state index contributed by atoms with van der Waals surface area (Å²) in [6.45, 7) is 7.32. The number of hydrogen-bond acceptors (Lipinski definition) is 3. The number of rotatable bonds is 6. The molecule has 0 radical (unpaired) electrons. The second kappa shape index (κ2) is 7.25. The molecule has 0 saturated heterocycles. The Morgan fingerprint density at radius 2 is 1.81 bits per heavy atom. The van der Waals surface area contributed by atoms with E-state index in [0.717, 1.165) is 17.4 Å². The van der Waals surface area contributed by atoms with Gasteiger partial charge in [0.25, 0.3) is 0 Å². The van der Waals surface area contributed by atoms with Crippen LogP contribution in [-0.4, -0.2) is 11.5 Å². The van der Waals surface area contributed by atoms with Crippen molar-refractivity contribution >= 4 is 23.5 Å². The fourth-order valence-electron chi connectivity index (χ4n) is 1.43. The lowest BCUT2D eigenvalue weighted by atomic mass is 10.2. The number of thioether (sulfide) groups is 2. The summed E-state index contributed by atoms with van der Waals surface area (Å²) in [5.74, 6) is 2.98. The zero-order valence-corrected chi connectivity index (χ0v) is 12.0. The molecule has 0 aromatic heterocycles. The Kier molecular flexibility index (Phi) is 6.32. The molecule has 0 fully saturated rings. The Morgan fingerprint density at radius 3 is 2.31 bits per heavy atom. The van der Waals surface area contributed by atoms with E-state index in [0.29, 0.717) is 6.54 Å². The summed E-state index contributed by atoms with van der Waals surface area (Å²) >= 11 is 3.81. The molecule has 0 aliphatic carbocycles. The first-order chi connectivity index (χ1) is 7.69. The van der Waals surface area contributed by atoms with Gasteiger partial charge < -0.3 is 5.73 Å². The highest BCUT2D eigenvalue weighted by Crippen LogP contribution is 2.31. The summed E-state index contributed by atoms with van der Waals surface area (Å²) < 4.78 is 0. The van der Waals surface area contributed by atoms with Crippen LogP contribution in [0, 0.1) is 5.92 Å². The minimum atomic E-state index is 0.642. The van der Waals surface area contributed by atoms with E-state index in [4.69, 9.17) is 5.73 Å². The first-order valence-electron chi connectivity index (χ1n) is 5.76. The predicted molar refractivity (Wildman–Crippen MR) is 76.3 cm³/mol. The molecule has 2 N–H and O–H groups in total. The van der Waals surface area contributed by atoms with Crippen LogP contribution < -0.4 is 5.73 Å². The van der Waals surface area contributed by atoms with Crippen LogP contribution in [-0.2, 0) is 6.54 Å². The van der Waals surface area contributed by atoms with E-state index in [1.54, 1.807) is 0 Å². The third-order valence-electron chi connectivity index (χ3n) is 2.17. The summed E-state index contributed by atoms with van der Waals surface area (Å²) in [6.07, 6.45) is 0. The van der Waals surface area contributed by atoms with E-state index in [-0.39, 0.29) is 0 Å². The van der Waals surface area contributed by atoms with Crippen LogP contribution in [0.4, 0.5) is 0 Å². The number of benzene rings is 1. The molecule has 0 saturated carbocycles. The van der Waals surface area contributed by atoms with Crippen molar-refractivity contribution in [1.29, 1.82) is 0 Å². The van der Waals surface area contributed by atoms with Gasteiger partial charge in [-0.2, -0.15) is 0 Å². The smallest absolute Gasteiger partial charge is 0.0200 e. The second-order valence-corrected chi connectivity index (χ2v) is 6.44. The topological polar surface area (TPSA) is 26.0 Å². The van der Waals surface area contributed by atoms with Gasteiger partial charge in [-0.05, 0) is 29.4 Å². The molecule has 1 rings (SSSR count). The lowest BCUT2D eigenvalue weighted by Gasteiger charge is -2.13. The molecular formula is C13H21NS2. The van der Waals surface area contributed by atoms with Crippen LogP contribution in [0.15, 0.2) is 28.0 Å². The molecule has 16 heavy (non-hydrogen) atoms. The molecule has 0 unspecified atom stereocenters. The summed E-state index contributed by atoms with van der Waals surface area (Å²) in [6, 6.07) is 6.50. The molecular weight excluding hydrogens is 234 g/mol. The normalized spacial score (nSPS) is 11.1. The molecule has 1 aromatic rings. The molecule has 0 amide bonds. The standard InChI is InChI=1S/C13H21NS2/c1-4-15-12-6-5-7-13(11(12)8-14)16-9-10(2)3/h5-7,10H,4,8-9,14H2,1-3H3. The lowest BCUT2D eigenvalue weighted by molar-refractivity contribution is 0.750. The minimum absolute atomic E-state index is 0.642. The average molecular weight is 255 g/mol. The van der Waals surface area contributed by atoms with E-state index in [1.165, 1.54) is 15.4 Å². The van der Waals surface area contributed by atoms with Crippen molar-refractivity contribution in [2.45, 2.75) is 37.1 Å². The second-order valence-electron chi connectivity index (χ2n) is 4.07. The van der Waals surface area contributed by atoms with Crippen molar-refractivity contribution in [1.82, 2.24) is 0 Å². The maximum absolute atomic E-state index is 5.86.